The van der Waals surface area contributed by atoms with Crippen molar-refractivity contribution in [3.63, 3.8) is 0 Å². The SMILES string of the molecule is CN(C)CCc1c(ON2C(=O)C(CCCN=C(N)N)Nc3ncncc32)cccc1C(=O)N(C)C. The van der Waals surface area contributed by atoms with E-state index in [4.69, 9.17) is 16.3 Å². The second-order valence-electron chi connectivity index (χ2n) is 8.66. The molecule has 1 atom stereocenters. The first kappa shape index (κ1) is 25.7. The summed E-state index contributed by atoms with van der Waals surface area (Å²) in [5, 5.41) is 4.35. The molecule has 3 rings (SSSR count). The van der Waals surface area contributed by atoms with E-state index in [1.807, 2.05) is 19.0 Å². The van der Waals surface area contributed by atoms with E-state index >= 15 is 0 Å². The van der Waals surface area contributed by atoms with Gasteiger partial charge in [0.25, 0.3) is 11.8 Å². The van der Waals surface area contributed by atoms with Crippen molar-refractivity contribution in [3.05, 3.63) is 41.9 Å². The Kier molecular flexibility index (Phi) is 8.42. The Balaban J connectivity index is 1.94. The quantitative estimate of drug-likeness (QED) is 0.248. The number of amides is 2. The topological polar surface area (TPSA) is 155 Å². The van der Waals surface area contributed by atoms with Crippen LogP contribution in [0.25, 0.3) is 0 Å². The minimum atomic E-state index is -0.594. The third kappa shape index (κ3) is 6.35. The molecule has 0 spiro atoms. The smallest absolute Gasteiger partial charge is 0.282 e. The van der Waals surface area contributed by atoms with Crippen LogP contribution in [0.1, 0.15) is 28.8 Å². The summed E-state index contributed by atoms with van der Waals surface area (Å²) < 4.78 is 0. The predicted octanol–water partition coefficient (Wildman–Crippen LogP) is 0.457. The number of hydrogen-bond acceptors (Lipinski definition) is 8. The van der Waals surface area contributed by atoms with E-state index in [2.05, 4.69) is 20.3 Å². The minimum Gasteiger partial charge on any atom is -0.371 e. The van der Waals surface area contributed by atoms with Crippen LogP contribution in [0.15, 0.2) is 35.7 Å². The highest BCUT2D eigenvalue weighted by molar-refractivity contribution is 6.02. The second kappa shape index (κ2) is 11.5. The number of likely N-dealkylation sites (N-methyl/N-ethyl adjacent to an activating group) is 1. The molecule has 0 aliphatic carbocycles. The van der Waals surface area contributed by atoms with E-state index in [1.165, 1.54) is 22.5 Å². The van der Waals surface area contributed by atoms with Gasteiger partial charge < -0.3 is 31.4 Å². The van der Waals surface area contributed by atoms with Gasteiger partial charge in [-0.2, -0.15) is 0 Å². The maximum atomic E-state index is 13.4. The molecule has 188 valence electrons. The standard InChI is InChI=1S/C23H33N9O3/c1-30(2)12-10-15-16(21(33)31(3)4)7-5-9-19(15)35-32-18-13-26-14-28-20(18)29-17(22(32)34)8-6-11-27-23(24)25/h5,7,9,13-14,17H,6,8,10-12H2,1-4H3,(H4,24,25,27)(H,26,28,29). The molecule has 2 heterocycles. The molecule has 0 bridgehead atoms. The normalized spacial score (nSPS) is 14.8. The average Bonchev–Trinajstić information content (AvgIpc) is 2.82. The molecule has 0 saturated heterocycles. The first-order chi connectivity index (χ1) is 16.7. The van der Waals surface area contributed by atoms with Gasteiger partial charge in [-0.1, -0.05) is 6.07 Å². The lowest BCUT2D eigenvalue weighted by Crippen LogP contribution is -2.49. The summed E-state index contributed by atoms with van der Waals surface area (Å²) in [5.74, 6) is 0.455. The van der Waals surface area contributed by atoms with Gasteiger partial charge in [-0.3, -0.25) is 14.6 Å². The first-order valence-corrected chi connectivity index (χ1v) is 11.3. The molecule has 1 aromatic heterocycles. The van der Waals surface area contributed by atoms with Crippen molar-refractivity contribution in [2.75, 3.05) is 51.7 Å². The summed E-state index contributed by atoms with van der Waals surface area (Å²) in [6.07, 6.45) is 4.51. The predicted molar refractivity (Wildman–Crippen MR) is 134 cm³/mol. The van der Waals surface area contributed by atoms with Gasteiger partial charge in [0.1, 0.15) is 18.1 Å². The first-order valence-electron chi connectivity index (χ1n) is 11.3. The molecule has 0 fully saturated rings. The second-order valence-corrected chi connectivity index (χ2v) is 8.66. The fourth-order valence-electron chi connectivity index (χ4n) is 3.65. The summed E-state index contributed by atoms with van der Waals surface area (Å²) in [5.41, 5.74) is 12.4. The molecular formula is C23H33N9O3. The summed E-state index contributed by atoms with van der Waals surface area (Å²) in [6, 6.07) is 4.67. The Morgan fingerprint density at radius 3 is 2.71 bits per heavy atom. The van der Waals surface area contributed by atoms with E-state index in [1.54, 1.807) is 32.3 Å². The molecule has 1 aliphatic heterocycles. The third-order valence-corrected chi connectivity index (χ3v) is 5.43. The minimum absolute atomic E-state index is 0.00776. The van der Waals surface area contributed by atoms with E-state index < -0.39 is 6.04 Å². The number of guanidine groups is 1. The zero-order valence-electron chi connectivity index (χ0n) is 20.6. The number of nitrogens with two attached hydrogens (primary N) is 2. The zero-order chi connectivity index (χ0) is 25.5. The van der Waals surface area contributed by atoms with Crippen molar-refractivity contribution in [2.45, 2.75) is 25.3 Å². The van der Waals surface area contributed by atoms with E-state index in [-0.39, 0.29) is 17.8 Å². The fraction of sp³-hybridized carbons (Fsp3) is 0.435. The molecule has 1 aliphatic rings. The number of nitrogens with one attached hydrogen (secondary N) is 1. The Bertz CT molecular complexity index is 1080. The lowest BCUT2D eigenvalue weighted by Gasteiger charge is -2.33. The number of rotatable bonds is 10. The number of benzene rings is 1. The zero-order valence-corrected chi connectivity index (χ0v) is 20.6. The maximum absolute atomic E-state index is 13.4. The van der Waals surface area contributed by atoms with Crippen LogP contribution in [-0.4, -0.2) is 84.9 Å². The highest BCUT2D eigenvalue weighted by Crippen LogP contribution is 2.33. The van der Waals surface area contributed by atoms with Crippen LogP contribution in [0.3, 0.4) is 0 Å². The molecule has 12 nitrogen and oxygen atoms in total. The van der Waals surface area contributed by atoms with Crippen molar-refractivity contribution in [1.29, 1.82) is 0 Å². The Morgan fingerprint density at radius 2 is 2.03 bits per heavy atom. The highest BCUT2D eigenvalue weighted by Gasteiger charge is 2.36. The molecule has 1 unspecified atom stereocenters. The molecule has 35 heavy (non-hydrogen) atoms. The average molecular weight is 484 g/mol. The largest absolute Gasteiger partial charge is 0.371 e. The lowest BCUT2D eigenvalue weighted by molar-refractivity contribution is -0.124. The van der Waals surface area contributed by atoms with Gasteiger partial charge in [0.05, 0.1) is 6.20 Å². The van der Waals surface area contributed by atoms with Gasteiger partial charge in [0.2, 0.25) is 0 Å². The summed E-state index contributed by atoms with van der Waals surface area (Å²) in [6.45, 7) is 1.09. The molecule has 5 N–H and O–H groups in total. The van der Waals surface area contributed by atoms with Crippen molar-refractivity contribution < 1.29 is 14.4 Å². The third-order valence-electron chi connectivity index (χ3n) is 5.43. The van der Waals surface area contributed by atoms with Gasteiger partial charge >= 0.3 is 0 Å². The molecule has 1 aromatic carbocycles. The lowest BCUT2D eigenvalue weighted by atomic mass is 10.0. The fourth-order valence-corrected chi connectivity index (χ4v) is 3.65. The number of carbonyl (C=O) groups excluding carboxylic acids is 2. The maximum Gasteiger partial charge on any atom is 0.282 e. The monoisotopic (exact) mass is 483 g/mol. The van der Waals surface area contributed by atoms with Crippen molar-refractivity contribution in [3.8, 4) is 5.75 Å². The van der Waals surface area contributed by atoms with Gasteiger partial charge in [0.15, 0.2) is 17.5 Å². The number of anilines is 2. The molecule has 0 radical (unpaired) electrons. The van der Waals surface area contributed by atoms with Gasteiger partial charge in [0, 0.05) is 38.3 Å². The number of fused-ring (bicyclic) bond motifs is 1. The van der Waals surface area contributed by atoms with Crippen LogP contribution in [0, 0.1) is 0 Å². The summed E-state index contributed by atoms with van der Waals surface area (Å²) >= 11 is 0. The molecule has 0 saturated carbocycles. The number of carbonyl (C=O) groups is 2. The van der Waals surface area contributed by atoms with Crippen molar-refractivity contribution in [2.24, 2.45) is 16.5 Å². The molecule has 2 aromatic rings. The van der Waals surface area contributed by atoms with Gasteiger partial charge in [-0.05, 0) is 45.5 Å². The van der Waals surface area contributed by atoms with Crippen molar-refractivity contribution in [1.82, 2.24) is 19.8 Å². The van der Waals surface area contributed by atoms with Gasteiger partial charge in [-0.15, -0.1) is 5.06 Å². The molecular weight excluding hydrogens is 450 g/mol. The van der Waals surface area contributed by atoms with Crippen molar-refractivity contribution >= 4 is 29.3 Å². The number of aliphatic imine (C=N–C) groups is 1. The van der Waals surface area contributed by atoms with E-state index in [0.717, 1.165) is 0 Å². The van der Waals surface area contributed by atoms with E-state index in [9.17, 15) is 9.59 Å². The van der Waals surface area contributed by atoms with Crippen LogP contribution in [0.5, 0.6) is 5.75 Å². The Hall–Kier alpha value is -3.93. The number of nitrogens with zero attached hydrogens (tertiary/aromatic N) is 6. The number of aromatic nitrogens is 2. The Labute approximate surface area is 204 Å². The van der Waals surface area contributed by atoms with Crippen LogP contribution in [-0.2, 0) is 11.2 Å². The van der Waals surface area contributed by atoms with Crippen LogP contribution < -0.4 is 26.7 Å². The summed E-state index contributed by atoms with van der Waals surface area (Å²) in [4.78, 5) is 48.4. The van der Waals surface area contributed by atoms with E-state index in [0.29, 0.717) is 60.7 Å². The number of hydrogen-bond donors (Lipinski definition) is 3. The van der Waals surface area contributed by atoms with Crippen LogP contribution in [0.2, 0.25) is 0 Å². The van der Waals surface area contributed by atoms with Crippen LogP contribution >= 0.6 is 0 Å². The van der Waals surface area contributed by atoms with Crippen LogP contribution in [0.4, 0.5) is 11.5 Å². The van der Waals surface area contributed by atoms with Gasteiger partial charge in [-0.25, -0.2) is 9.97 Å². The molecule has 2 amide bonds. The number of hydroxylamine groups is 1. The Morgan fingerprint density at radius 1 is 1.26 bits per heavy atom. The molecule has 12 heteroatoms. The highest BCUT2D eigenvalue weighted by atomic mass is 16.7. The summed E-state index contributed by atoms with van der Waals surface area (Å²) in [7, 11) is 7.31.